The summed E-state index contributed by atoms with van der Waals surface area (Å²) in [5.74, 6) is -0.132. The maximum Gasteiger partial charge on any atom is 0.125 e. The summed E-state index contributed by atoms with van der Waals surface area (Å²) in [5.41, 5.74) is 0. The second-order valence-corrected chi connectivity index (χ2v) is 2.57. The predicted molar refractivity (Wildman–Crippen MR) is 34.5 cm³/mol. The van der Waals surface area contributed by atoms with Crippen LogP contribution in [0.25, 0.3) is 0 Å². The van der Waals surface area contributed by atoms with Crippen LogP contribution in [0, 0.1) is 11.8 Å². The van der Waals surface area contributed by atoms with Gasteiger partial charge < -0.3 is 14.3 Å². The Morgan fingerprint density at radius 2 is 1.60 bits per heavy atom. The molecule has 2 atom stereocenters. The van der Waals surface area contributed by atoms with Gasteiger partial charge in [0.1, 0.15) is 12.6 Å². The summed E-state index contributed by atoms with van der Waals surface area (Å²) in [6, 6.07) is 0. The van der Waals surface area contributed by atoms with Crippen molar-refractivity contribution in [2.75, 3.05) is 13.2 Å². The van der Waals surface area contributed by atoms with Gasteiger partial charge in [-0.25, -0.2) is 0 Å². The van der Waals surface area contributed by atoms with Gasteiger partial charge in [-0.15, -0.1) is 0 Å². The molecule has 1 heterocycles. The van der Waals surface area contributed by atoms with Crippen LogP contribution >= 0.6 is 0 Å². The standard InChI is InChI=1S/C7H10O3/c8-2-6-1-7(3-9)5-10-4-6/h2-3,6-7H,1,4-5H2. The predicted octanol–water partition coefficient (Wildman–Crippen LogP) is 0.0369. The van der Waals surface area contributed by atoms with Crippen molar-refractivity contribution in [3.8, 4) is 0 Å². The summed E-state index contributed by atoms with van der Waals surface area (Å²) in [5, 5.41) is 0. The van der Waals surface area contributed by atoms with Gasteiger partial charge >= 0.3 is 0 Å². The largest absolute Gasteiger partial charge is 0.380 e. The molecule has 1 rings (SSSR count). The number of hydrogen-bond donors (Lipinski definition) is 0. The van der Waals surface area contributed by atoms with Crippen molar-refractivity contribution in [1.82, 2.24) is 0 Å². The monoisotopic (exact) mass is 142 g/mol. The third kappa shape index (κ3) is 1.64. The minimum absolute atomic E-state index is 0.0658. The number of carbonyl (C=O) groups is 2. The molecule has 0 aromatic carbocycles. The Bertz CT molecular complexity index is 119. The molecule has 0 amide bonds. The van der Waals surface area contributed by atoms with E-state index in [1.54, 1.807) is 0 Å². The Morgan fingerprint density at radius 1 is 1.10 bits per heavy atom. The smallest absolute Gasteiger partial charge is 0.125 e. The van der Waals surface area contributed by atoms with Crippen LogP contribution in [0.3, 0.4) is 0 Å². The van der Waals surface area contributed by atoms with Crippen LogP contribution in [0.4, 0.5) is 0 Å². The zero-order valence-electron chi connectivity index (χ0n) is 5.66. The number of hydrogen-bond acceptors (Lipinski definition) is 3. The van der Waals surface area contributed by atoms with E-state index in [9.17, 15) is 9.59 Å². The van der Waals surface area contributed by atoms with E-state index in [1.165, 1.54) is 0 Å². The van der Waals surface area contributed by atoms with Crippen molar-refractivity contribution in [3.63, 3.8) is 0 Å². The first-order valence-corrected chi connectivity index (χ1v) is 3.35. The van der Waals surface area contributed by atoms with E-state index in [1.807, 2.05) is 0 Å². The van der Waals surface area contributed by atoms with Crippen molar-refractivity contribution in [2.45, 2.75) is 6.42 Å². The third-order valence-electron chi connectivity index (χ3n) is 1.65. The molecular formula is C7H10O3. The second-order valence-electron chi connectivity index (χ2n) is 2.57. The van der Waals surface area contributed by atoms with E-state index in [0.717, 1.165) is 12.6 Å². The second kappa shape index (κ2) is 3.46. The van der Waals surface area contributed by atoms with Gasteiger partial charge in [0.25, 0.3) is 0 Å². The molecule has 0 saturated carbocycles. The zero-order chi connectivity index (χ0) is 7.40. The molecule has 1 saturated heterocycles. The average molecular weight is 142 g/mol. The van der Waals surface area contributed by atoms with Gasteiger partial charge in [-0.3, -0.25) is 0 Å². The van der Waals surface area contributed by atoms with Crippen molar-refractivity contribution < 1.29 is 14.3 Å². The highest BCUT2D eigenvalue weighted by Gasteiger charge is 2.20. The van der Waals surface area contributed by atoms with Crippen LogP contribution in [0.2, 0.25) is 0 Å². The molecule has 0 bridgehead atoms. The molecule has 0 N–H and O–H groups in total. The van der Waals surface area contributed by atoms with E-state index in [-0.39, 0.29) is 11.8 Å². The van der Waals surface area contributed by atoms with Gasteiger partial charge in [-0.1, -0.05) is 0 Å². The first kappa shape index (κ1) is 7.41. The third-order valence-corrected chi connectivity index (χ3v) is 1.65. The lowest BCUT2D eigenvalue weighted by Crippen LogP contribution is -2.27. The number of carbonyl (C=O) groups excluding carboxylic acids is 2. The van der Waals surface area contributed by atoms with Crippen LogP contribution in [0.5, 0.6) is 0 Å². The van der Waals surface area contributed by atoms with Gasteiger partial charge in [-0.2, -0.15) is 0 Å². The zero-order valence-corrected chi connectivity index (χ0v) is 5.66. The Hall–Kier alpha value is -0.700. The molecule has 0 aromatic rings. The maximum absolute atomic E-state index is 10.2. The van der Waals surface area contributed by atoms with Gasteiger partial charge in [-0.05, 0) is 6.42 Å². The normalized spacial score (nSPS) is 33.2. The summed E-state index contributed by atoms with van der Waals surface area (Å²) in [4.78, 5) is 20.5. The molecule has 1 aliphatic heterocycles. The molecule has 3 nitrogen and oxygen atoms in total. The highest BCUT2D eigenvalue weighted by molar-refractivity contribution is 5.58. The average Bonchev–Trinajstić information content (AvgIpc) is 2.05. The quantitative estimate of drug-likeness (QED) is 0.511. The van der Waals surface area contributed by atoms with Gasteiger partial charge in [0.2, 0.25) is 0 Å². The van der Waals surface area contributed by atoms with E-state index in [2.05, 4.69) is 0 Å². The SMILES string of the molecule is O=CC1COCC(C=O)C1. The van der Waals surface area contributed by atoms with Crippen LogP contribution in [-0.2, 0) is 14.3 Å². The van der Waals surface area contributed by atoms with E-state index < -0.39 is 0 Å². The molecule has 3 heteroatoms. The van der Waals surface area contributed by atoms with Crippen LogP contribution in [-0.4, -0.2) is 25.8 Å². The first-order chi connectivity index (χ1) is 4.86. The lowest BCUT2D eigenvalue weighted by Gasteiger charge is -2.21. The maximum atomic E-state index is 10.2. The van der Waals surface area contributed by atoms with E-state index >= 15 is 0 Å². The Balaban J connectivity index is 2.38. The van der Waals surface area contributed by atoms with Crippen molar-refractivity contribution >= 4 is 12.6 Å². The number of rotatable bonds is 2. The lowest BCUT2D eigenvalue weighted by molar-refractivity contribution is -0.121. The molecule has 0 aliphatic carbocycles. The molecule has 10 heavy (non-hydrogen) atoms. The van der Waals surface area contributed by atoms with Gasteiger partial charge in [0.15, 0.2) is 0 Å². The fraction of sp³-hybridized carbons (Fsp3) is 0.714. The Labute approximate surface area is 59.4 Å². The Morgan fingerprint density at radius 3 is 2.00 bits per heavy atom. The topological polar surface area (TPSA) is 43.4 Å². The summed E-state index contributed by atoms with van der Waals surface area (Å²) < 4.78 is 5.01. The number of ether oxygens (including phenoxy) is 1. The lowest BCUT2D eigenvalue weighted by atomic mass is 9.95. The van der Waals surface area contributed by atoms with Gasteiger partial charge in [0.05, 0.1) is 13.2 Å². The van der Waals surface area contributed by atoms with Crippen LogP contribution < -0.4 is 0 Å². The minimum Gasteiger partial charge on any atom is -0.380 e. The molecule has 0 radical (unpaired) electrons. The fourth-order valence-corrected chi connectivity index (χ4v) is 1.09. The number of aldehydes is 2. The summed E-state index contributed by atoms with van der Waals surface area (Å²) in [7, 11) is 0. The van der Waals surface area contributed by atoms with E-state index in [4.69, 9.17) is 4.74 Å². The highest BCUT2D eigenvalue weighted by Crippen LogP contribution is 2.15. The molecule has 56 valence electrons. The van der Waals surface area contributed by atoms with Crippen LogP contribution in [0.15, 0.2) is 0 Å². The molecule has 2 unspecified atom stereocenters. The molecule has 1 fully saturated rings. The molecule has 1 aliphatic rings. The highest BCUT2D eigenvalue weighted by atomic mass is 16.5. The van der Waals surface area contributed by atoms with Crippen LogP contribution in [0.1, 0.15) is 6.42 Å². The summed E-state index contributed by atoms with van der Waals surface area (Å²) in [6.07, 6.45) is 2.37. The van der Waals surface area contributed by atoms with E-state index in [0.29, 0.717) is 19.6 Å². The first-order valence-electron chi connectivity index (χ1n) is 3.35. The van der Waals surface area contributed by atoms with Gasteiger partial charge in [0, 0.05) is 11.8 Å². The van der Waals surface area contributed by atoms with Crippen molar-refractivity contribution in [3.05, 3.63) is 0 Å². The minimum atomic E-state index is -0.0658. The van der Waals surface area contributed by atoms with Crippen molar-refractivity contribution in [2.24, 2.45) is 11.8 Å². The molecular weight excluding hydrogens is 132 g/mol. The Kier molecular flexibility index (Phi) is 2.57. The summed E-state index contributed by atoms with van der Waals surface area (Å²) >= 11 is 0. The summed E-state index contributed by atoms with van der Waals surface area (Å²) in [6.45, 7) is 0.960. The fourth-order valence-electron chi connectivity index (χ4n) is 1.09. The van der Waals surface area contributed by atoms with Crippen molar-refractivity contribution in [1.29, 1.82) is 0 Å². The molecule has 0 spiro atoms. The molecule has 0 aromatic heterocycles.